The van der Waals surface area contributed by atoms with Gasteiger partial charge in [0.25, 0.3) is 0 Å². The van der Waals surface area contributed by atoms with E-state index in [2.05, 4.69) is 15.5 Å². The number of hydrogen-bond donors (Lipinski definition) is 3. The number of benzene rings is 1. The van der Waals surface area contributed by atoms with Crippen LogP contribution in [-0.2, 0) is 17.6 Å². The minimum atomic E-state index is -0.637. The van der Waals surface area contributed by atoms with E-state index < -0.39 is 6.04 Å². The molecule has 106 valence electrons. The largest absolute Gasteiger partial charge is 0.508 e. The van der Waals surface area contributed by atoms with Crippen LogP contribution in [0.1, 0.15) is 11.5 Å². The minimum absolute atomic E-state index is 0.186. The maximum atomic E-state index is 11.8. The molecule has 2 aromatic rings. The number of nitrogens with two attached hydrogens (primary N) is 1. The first-order valence-electron chi connectivity index (χ1n) is 6.22. The fourth-order valence-corrected chi connectivity index (χ4v) is 1.71. The molecule has 7 nitrogen and oxygen atoms in total. The van der Waals surface area contributed by atoms with Crippen molar-refractivity contribution in [2.75, 3.05) is 6.54 Å². The molecule has 0 unspecified atom stereocenters. The average Bonchev–Trinajstić information content (AvgIpc) is 2.94. The van der Waals surface area contributed by atoms with Crippen molar-refractivity contribution in [2.45, 2.75) is 18.9 Å². The summed E-state index contributed by atoms with van der Waals surface area (Å²) in [4.78, 5) is 15.6. The highest BCUT2D eigenvalue weighted by Crippen LogP contribution is 2.10. The second kappa shape index (κ2) is 6.67. The van der Waals surface area contributed by atoms with Gasteiger partial charge in [-0.25, -0.2) is 0 Å². The van der Waals surface area contributed by atoms with Crippen LogP contribution in [-0.4, -0.2) is 33.7 Å². The lowest BCUT2D eigenvalue weighted by atomic mass is 10.1. The Morgan fingerprint density at radius 3 is 2.80 bits per heavy atom. The lowest BCUT2D eigenvalue weighted by Crippen LogP contribution is -2.42. The van der Waals surface area contributed by atoms with Crippen LogP contribution in [0.15, 0.2) is 35.1 Å². The SMILES string of the molecule is N[C@H](Cc1ccc(O)cc1)C(=O)NCCc1ncno1. The molecule has 0 aliphatic carbocycles. The number of carbonyl (C=O) groups is 1. The molecule has 0 fully saturated rings. The molecule has 0 aliphatic rings. The zero-order valence-electron chi connectivity index (χ0n) is 10.8. The van der Waals surface area contributed by atoms with E-state index in [0.717, 1.165) is 5.56 Å². The number of amides is 1. The lowest BCUT2D eigenvalue weighted by molar-refractivity contribution is -0.122. The second-order valence-electron chi connectivity index (χ2n) is 4.35. The molecular formula is C13H16N4O3. The Labute approximate surface area is 115 Å². The maximum absolute atomic E-state index is 11.8. The summed E-state index contributed by atoms with van der Waals surface area (Å²) >= 11 is 0. The van der Waals surface area contributed by atoms with Crippen molar-refractivity contribution >= 4 is 5.91 Å². The number of aromatic nitrogens is 2. The standard InChI is InChI=1S/C13H16N4O3/c14-11(7-9-1-3-10(18)4-2-9)13(19)15-6-5-12-16-8-17-20-12/h1-4,8,11,18H,5-7,14H2,(H,15,19)/t11-/m1/s1. The summed E-state index contributed by atoms with van der Waals surface area (Å²) in [5.74, 6) is 0.418. The number of nitrogens with one attached hydrogen (secondary N) is 1. The number of aromatic hydroxyl groups is 1. The molecule has 0 saturated heterocycles. The Morgan fingerprint density at radius 1 is 1.40 bits per heavy atom. The Hall–Kier alpha value is -2.41. The van der Waals surface area contributed by atoms with Gasteiger partial charge in [-0.3, -0.25) is 4.79 Å². The van der Waals surface area contributed by atoms with Gasteiger partial charge < -0.3 is 20.7 Å². The molecule has 1 heterocycles. The first kappa shape index (κ1) is 14.0. The molecule has 1 amide bonds. The fourth-order valence-electron chi connectivity index (χ4n) is 1.71. The van der Waals surface area contributed by atoms with Crippen molar-refractivity contribution in [3.8, 4) is 5.75 Å². The van der Waals surface area contributed by atoms with Crippen LogP contribution < -0.4 is 11.1 Å². The first-order valence-corrected chi connectivity index (χ1v) is 6.22. The van der Waals surface area contributed by atoms with E-state index in [1.807, 2.05) is 0 Å². The highest BCUT2D eigenvalue weighted by Gasteiger charge is 2.13. The Balaban J connectivity index is 1.75. The van der Waals surface area contributed by atoms with E-state index in [-0.39, 0.29) is 11.7 Å². The first-order chi connectivity index (χ1) is 9.65. The van der Waals surface area contributed by atoms with E-state index in [1.54, 1.807) is 24.3 Å². The average molecular weight is 276 g/mol. The molecule has 4 N–H and O–H groups in total. The Kier molecular flexibility index (Phi) is 4.67. The van der Waals surface area contributed by atoms with E-state index >= 15 is 0 Å². The smallest absolute Gasteiger partial charge is 0.237 e. The highest BCUT2D eigenvalue weighted by atomic mass is 16.5. The Bertz CT molecular complexity index is 539. The number of phenolic OH excluding ortho intramolecular Hbond substituents is 1. The summed E-state index contributed by atoms with van der Waals surface area (Å²) in [6.45, 7) is 0.393. The van der Waals surface area contributed by atoms with Gasteiger partial charge in [-0.2, -0.15) is 4.98 Å². The molecule has 1 aromatic carbocycles. The topological polar surface area (TPSA) is 114 Å². The van der Waals surface area contributed by atoms with Crippen LogP contribution in [0.5, 0.6) is 5.75 Å². The predicted molar refractivity (Wildman–Crippen MR) is 70.8 cm³/mol. The quantitative estimate of drug-likeness (QED) is 0.684. The van der Waals surface area contributed by atoms with Crippen LogP contribution in [0.3, 0.4) is 0 Å². The molecule has 1 atom stereocenters. The zero-order chi connectivity index (χ0) is 14.4. The monoisotopic (exact) mass is 276 g/mol. The van der Waals surface area contributed by atoms with Gasteiger partial charge in [-0.1, -0.05) is 17.3 Å². The summed E-state index contributed by atoms with van der Waals surface area (Å²) in [5.41, 5.74) is 6.71. The van der Waals surface area contributed by atoms with Crippen molar-refractivity contribution in [2.24, 2.45) is 5.73 Å². The molecule has 0 radical (unpaired) electrons. The third kappa shape index (κ3) is 4.06. The van der Waals surface area contributed by atoms with Gasteiger partial charge in [0.15, 0.2) is 6.33 Å². The van der Waals surface area contributed by atoms with Crippen molar-refractivity contribution < 1.29 is 14.4 Å². The van der Waals surface area contributed by atoms with Crippen LogP contribution in [0.2, 0.25) is 0 Å². The highest BCUT2D eigenvalue weighted by molar-refractivity contribution is 5.81. The third-order valence-corrected chi connectivity index (χ3v) is 2.77. The predicted octanol–water partition coefficient (Wildman–Crippen LogP) is 0.00390. The number of rotatable bonds is 6. The number of nitrogens with zero attached hydrogens (tertiary/aromatic N) is 2. The van der Waals surface area contributed by atoms with Gasteiger partial charge in [-0.15, -0.1) is 0 Å². The second-order valence-corrected chi connectivity index (χ2v) is 4.35. The zero-order valence-corrected chi connectivity index (χ0v) is 10.8. The van der Waals surface area contributed by atoms with Crippen LogP contribution >= 0.6 is 0 Å². The van der Waals surface area contributed by atoms with Crippen LogP contribution in [0, 0.1) is 0 Å². The molecule has 1 aromatic heterocycles. The molecule has 0 spiro atoms. The van der Waals surface area contributed by atoms with E-state index in [4.69, 9.17) is 10.3 Å². The molecule has 0 aliphatic heterocycles. The van der Waals surface area contributed by atoms with E-state index in [9.17, 15) is 9.90 Å². The van der Waals surface area contributed by atoms with Gasteiger partial charge in [0.05, 0.1) is 6.04 Å². The van der Waals surface area contributed by atoms with Gasteiger partial charge in [0.1, 0.15) is 5.75 Å². The van der Waals surface area contributed by atoms with E-state index in [0.29, 0.717) is 25.3 Å². The van der Waals surface area contributed by atoms with Gasteiger partial charge in [0.2, 0.25) is 11.8 Å². The number of carbonyl (C=O) groups excluding carboxylic acids is 1. The lowest BCUT2D eigenvalue weighted by Gasteiger charge is -2.11. The maximum Gasteiger partial charge on any atom is 0.237 e. The van der Waals surface area contributed by atoms with Crippen molar-refractivity contribution in [1.29, 1.82) is 0 Å². The minimum Gasteiger partial charge on any atom is -0.508 e. The summed E-state index contributed by atoms with van der Waals surface area (Å²) in [7, 11) is 0. The van der Waals surface area contributed by atoms with Crippen LogP contribution in [0.25, 0.3) is 0 Å². The van der Waals surface area contributed by atoms with Crippen molar-refractivity contribution in [3.63, 3.8) is 0 Å². The molecule has 0 bridgehead atoms. The summed E-state index contributed by atoms with van der Waals surface area (Å²) in [6.07, 6.45) is 2.19. The molecule has 0 saturated carbocycles. The van der Waals surface area contributed by atoms with E-state index in [1.165, 1.54) is 6.33 Å². The van der Waals surface area contributed by atoms with Crippen molar-refractivity contribution in [1.82, 2.24) is 15.5 Å². The number of hydrogen-bond acceptors (Lipinski definition) is 6. The molecule has 7 heteroatoms. The third-order valence-electron chi connectivity index (χ3n) is 2.77. The Morgan fingerprint density at radius 2 is 2.15 bits per heavy atom. The van der Waals surface area contributed by atoms with Crippen LogP contribution in [0.4, 0.5) is 0 Å². The molecule has 20 heavy (non-hydrogen) atoms. The van der Waals surface area contributed by atoms with Gasteiger partial charge in [-0.05, 0) is 24.1 Å². The normalized spacial score (nSPS) is 12.1. The van der Waals surface area contributed by atoms with Gasteiger partial charge in [0, 0.05) is 13.0 Å². The molecule has 2 rings (SSSR count). The molecular weight excluding hydrogens is 260 g/mol. The summed E-state index contributed by atoms with van der Waals surface area (Å²) in [5, 5.41) is 15.4. The summed E-state index contributed by atoms with van der Waals surface area (Å²) < 4.78 is 4.82. The van der Waals surface area contributed by atoms with Crippen molar-refractivity contribution in [3.05, 3.63) is 42.0 Å². The fraction of sp³-hybridized carbons (Fsp3) is 0.308. The summed E-state index contributed by atoms with van der Waals surface area (Å²) in [6, 6.07) is 5.97. The van der Waals surface area contributed by atoms with Gasteiger partial charge >= 0.3 is 0 Å². The number of phenols is 1.